The number of carbonyl (C=O) groups excluding carboxylic acids is 2. The number of halogens is 1. The number of benzene rings is 3. The number of nitrogens with one attached hydrogen (secondary N) is 1. The van der Waals surface area contributed by atoms with Gasteiger partial charge in [0, 0.05) is 11.1 Å². The largest absolute Gasteiger partial charge is 0.347 e. The van der Waals surface area contributed by atoms with E-state index in [2.05, 4.69) is 9.97 Å². The van der Waals surface area contributed by atoms with Gasteiger partial charge in [-0.15, -0.1) is 0 Å². The number of H-pyrrole nitrogens is 1. The Bertz CT molecular complexity index is 1500. The lowest BCUT2D eigenvalue weighted by Crippen LogP contribution is -2.25. The first-order valence-corrected chi connectivity index (χ1v) is 11.4. The molecule has 7 nitrogen and oxygen atoms in total. The molecule has 2 unspecified atom stereocenters. The number of fused-ring (bicyclic) bond motifs is 1. The van der Waals surface area contributed by atoms with Crippen molar-refractivity contribution in [1.82, 2.24) is 9.97 Å². The molecule has 3 aromatic carbocycles. The van der Waals surface area contributed by atoms with Crippen molar-refractivity contribution in [3.05, 3.63) is 101 Å². The SMILES string of the molecule is CC1(C)OCC(c2cccc(C(=O)C(C(=O)c3cccc(C#N)c3)c3nc4ccccc4[nH]3)c2F)O1. The van der Waals surface area contributed by atoms with E-state index in [-0.39, 0.29) is 34.7 Å². The zero-order valence-corrected chi connectivity index (χ0v) is 19.6. The summed E-state index contributed by atoms with van der Waals surface area (Å²) in [5.41, 5.74) is 1.54. The van der Waals surface area contributed by atoms with Crippen LogP contribution in [0.3, 0.4) is 0 Å². The second-order valence-electron chi connectivity index (χ2n) is 9.02. The van der Waals surface area contributed by atoms with E-state index in [4.69, 9.17) is 9.47 Å². The number of ketones is 2. The quantitative estimate of drug-likeness (QED) is 0.297. The van der Waals surface area contributed by atoms with Crippen LogP contribution in [0.4, 0.5) is 4.39 Å². The van der Waals surface area contributed by atoms with Gasteiger partial charge < -0.3 is 14.5 Å². The number of ether oxygens (including phenoxy) is 2. The first-order valence-electron chi connectivity index (χ1n) is 11.4. The number of carbonyl (C=O) groups is 2. The van der Waals surface area contributed by atoms with E-state index < -0.39 is 35.2 Å². The summed E-state index contributed by atoms with van der Waals surface area (Å²) in [5.74, 6) is -4.35. The smallest absolute Gasteiger partial charge is 0.184 e. The molecule has 36 heavy (non-hydrogen) atoms. The number of rotatable bonds is 6. The highest BCUT2D eigenvalue weighted by molar-refractivity contribution is 6.20. The lowest BCUT2D eigenvalue weighted by molar-refractivity contribution is -0.139. The summed E-state index contributed by atoms with van der Waals surface area (Å²) < 4.78 is 27.1. The minimum Gasteiger partial charge on any atom is -0.347 e. The third-order valence-corrected chi connectivity index (χ3v) is 6.13. The highest BCUT2D eigenvalue weighted by atomic mass is 19.1. The third-order valence-electron chi connectivity index (χ3n) is 6.13. The second kappa shape index (κ2) is 9.11. The van der Waals surface area contributed by atoms with Crippen molar-refractivity contribution in [3.63, 3.8) is 0 Å². The topological polar surface area (TPSA) is 105 Å². The number of nitrogens with zero attached hydrogens (tertiary/aromatic N) is 2. The molecule has 2 atom stereocenters. The minimum absolute atomic E-state index is 0.0972. The summed E-state index contributed by atoms with van der Waals surface area (Å²) in [4.78, 5) is 35.0. The van der Waals surface area contributed by atoms with Gasteiger partial charge in [-0.05, 0) is 44.2 Å². The summed E-state index contributed by atoms with van der Waals surface area (Å²) in [7, 11) is 0. The molecule has 1 saturated heterocycles. The average Bonchev–Trinajstić information content (AvgIpc) is 3.46. The predicted octanol–water partition coefficient (Wildman–Crippen LogP) is 5.25. The number of Topliss-reactive ketones (excluding diaryl/α,β-unsaturated/α-hetero) is 2. The fourth-order valence-electron chi connectivity index (χ4n) is 4.37. The van der Waals surface area contributed by atoms with Crippen LogP contribution in [0.25, 0.3) is 11.0 Å². The molecule has 1 N–H and O–H groups in total. The van der Waals surface area contributed by atoms with Crippen molar-refractivity contribution >= 4 is 22.6 Å². The van der Waals surface area contributed by atoms with E-state index in [0.717, 1.165) is 0 Å². The van der Waals surface area contributed by atoms with E-state index in [9.17, 15) is 14.9 Å². The van der Waals surface area contributed by atoms with Crippen LogP contribution in [0.5, 0.6) is 0 Å². The van der Waals surface area contributed by atoms with E-state index in [0.29, 0.717) is 11.0 Å². The molecular formula is C28H22FN3O4. The Kier molecular flexibility index (Phi) is 5.96. The summed E-state index contributed by atoms with van der Waals surface area (Å²) >= 11 is 0. The Morgan fingerprint density at radius 3 is 2.61 bits per heavy atom. The maximum Gasteiger partial charge on any atom is 0.184 e. The molecule has 5 rings (SSSR count). The van der Waals surface area contributed by atoms with Crippen molar-refractivity contribution < 1.29 is 23.5 Å². The summed E-state index contributed by atoms with van der Waals surface area (Å²) in [6, 6.07) is 19.6. The van der Waals surface area contributed by atoms with Crippen LogP contribution in [0, 0.1) is 17.1 Å². The first-order chi connectivity index (χ1) is 17.3. The standard InChI is InChI=1S/C28H22FN3O4/c1-28(2)35-15-22(36-28)18-9-6-10-19(24(18)29)26(34)23(25(33)17-8-5-7-16(13-17)14-30)27-31-20-11-3-4-12-21(20)32-27/h3-13,22-23H,15H2,1-2H3,(H,31,32). The first kappa shape index (κ1) is 23.5. The van der Waals surface area contributed by atoms with Crippen LogP contribution in [-0.4, -0.2) is 33.9 Å². The Labute approximate surface area is 206 Å². The number of hydrogen-bond donors (Lipinski definition) is 1. The fraction of sp³-hybridized carbons (Fsp3) is 0.214. The highest BCUT2D eigenvalue weighted by Gasteiger charge is 2.38. The number of imidazole rings is 1. The Hall–Kier alpha value is -4.19. The molecule has 1 fully saturated rings. The molecule has 0 aliphatic carbocycles. The maximum absolute atomic E-state index is 15.8. The zero-order chi connectivity index (χ0) is 25.4. The number of hydrogen-bond acceptors (Lipinski definition) is 6. The van der Waals surface area contributed by atoms with Gasteiger partial charge in [-0.25, -0.2) is 9.37 Å². The number of aromatic nitrogens is 2. The monoisotopic (exact) mass is 483 g/mol. The zero-order valence-electron chi connectivity index (χ0n) is 19.6. The van der Waals surface area contributed by atoms with Gasteiger partial charge in [0.2, 0.25) is 0 Å². The Morgan fingerprint density at radius 1 is 1.11 bits per heavy atom. The van der Waals surface area contributed by atoms with Crippen molar-refractivity contribution in [2.45, 2.75) is 31.7 Å². The molecule has 0 radical (unpaired) electrons. The molecule has 1 aliphatic heterocycles. The van der Waals surface area contributed by atoms with Gasteiger partial charge in [-0.1, -0.05) is 36.4 Å². The van der Waals surface area contributed by atoms with E-state index >= 15 is 4.39 Å². The second-order valence-corrected chi connectivity index (χ2v) is 9.02. The Balaban J connectivity index is 1.60. The van der Waals surface area contributed by atoms with Gasteiger partial charge in [0.25, 0.3) is 0 Å². The van der Waals surface area contributed by atoms with Gasteiger partial charge >= 0.3 is 0 Å². The summed E-state index contributed by atoms with van der Waals surface area (Å²) in [6.07, 6.45) is -0.694. The molecule has 0 bridgehead atoms. The average molecular weight is 483 g/mol. The minimum atomic E-state index is -1.45. The van der Waals surface area contributed by atoms with E-state index in [1.165, 1.54) is 24.3 Å². The van der Waals surface area contributed by atoms with Gasteiger partial charge in [0.15, 0.2) is 17.4 Å². The van der Waals surface area contributed by atoms with E-state index in [1.807, 2.05) is 6.07 Å². The molecule has 0 spiro atoms. The van der Waals surface area contributed by atoms with Crippen LogP contribution in [0.1, 0.15) is 63.5 Å². The van der Waals surface area contributed by atoms with E-state index in [1.54, 1.807) is 56.3 Å². The lowest BCUT2D eigenvalue weighted by Gasteiger charge is -2.19. The number of para-hydroxylation sites is 2. The lowest BCUT2D eigenvalue weighted by atomic mass is 9.87. The summed E-state index contributed by atoms with van der Waals surface area (Å²) in [6.45, 7) is 3.59. The van der Waals surface area contributed by atoms with Gasteiger partial charge in [-0.3, -0.25) is 9.59 Å². The number of aromatic amines is 1. The molecule has 1 aromatic heterocycles. The number of nitriles is 1. The molecule has 2 heterocycles. The molecule has 4 aromatic rings. The molecule has 1 aliphatic rings. The van der Waals surface area contributed by atoms with Crippen LogP contribution in [0.15, 0.2) is 66.7 Å². The summed E-state index contributed by atoms with van der Waals surface area (Å²) in [5, 5.41) is 9.27. The normalized spacial score (nSPS) is 17.6. The van der Waals surface area contributed by atoms with Crippen LogP contribution in [-0.2, 0) is 9.47 Å². The molecule has 180 valence electrons. The third kappa shape index (κ3) is 4.31. The van der Waals surface area contributed by atoms with Gasteiger partial charge in [0.1, 0.15) is 23.7 Å². The van der Waals surface area contributed by atoms with Crippen LogP contribution < -0.4 is 0 Å². The van der Waals surface area contributed by atoms with Gasteiger partial charge in [-0.2, -0.15) is 5.26 Å². The van der Waals surface area contributed by atoms with Crippen molar-refractivity contribution in [1.29, 1.82) is 5.26 Å². The Morgan fingerprint density at radius 2 is 1.89 bits per heavy atom. The molecule has 8 heteroatoms. The highest BCUT2D eigenvalue weighted by Crippen LogP contribution is 2.36. The fourth-order valence-corrected chi connectivity index (χ4v) is 4.37. The maximum atomic E-state index is 15.8. The molecule has 0 saturated carbocycles. The van der Waals surface area contributed by atoms with Crippen molar-refractivity contribution in [2.24, 2.45) is 0 Å². The predicted molar refractivity (Wildman–Crippen MR) is 129 cm³/mol. The van der Waals surface area contributed by atoms with Crippen molar-refractivity contribution in [3.8, 4) is 6.07 Å². The van der Waals surface area contributed by atoms with Crippen LogP contribution in [0.2, 0.25) is 0 Å². The molecule has 0 amide bonds. The van der Waals surface area contributed by atoms with Gasteiger partial charge in [0.05, 0.1) is 34.8 Å². The molecular weight excluding hydrogens is 461 g/mol. The van der Waals surface area contributed by atoms with Crippen LogP contribution >= 0.6 is 0 Å². The van der Waals surface area contributed by atoms with Crippen molar-refractivity contribution in [2.75, 3.05) is 6.61 Å².